The summed E-state index contributed by atoms with van der Waals surface area (Å²) in [6.07, 6.45) is 3.28. The van der Waals surface area contributed by atoms with Crippen LogP contribution in [0.25, 0.3) is 0 Å². The maximum Gasteiger partial charge on any atom is 0.137 e. The summed E-state index contributed by atoms with van der Waals surface area (Å²) < 4.78 is 2.98. The topological polar surface area (TPSA) is 42.7 Å². The Morgan fingerprint density at radius 2 is 2.20 bits per heavy atom. The highest BCUT2D eigenvalue weighted by Crippen LogP contribution is 2.23. The first-order valence-electron chi connectivity index (χ1n) is 6.19. The van der Waals surface area contributed by atoms with Crippen LogP contribution in [-0.4, -0.2) is 14.8 Å². The zero-order valence-electron chi connectivity index (χ0n) is 10.7. The number of nitrogens with one attached hydrogen (secondary N) is 1. The van der Waals surface area contributed by atoms with Crippen molar-refractivity contribution in [3.8, 4) is 0 Å². The average Bonchev–Trinajstić information content (AvgIpc) is 3.09. The third kappa shape index (κ3) is 3.46. The molecule has 6 heteroatoms. The van der Waals surface area contributed by atoms with Crippen LogP contribution in [0, 0.1) is 0 Å². The molecule has 0 spiro atoms. The molecular weight excluding hydrogens is 336 g/mol. The summed E-state index contributed by atoms with van der Waals surface area (Å²) in [6, 6.07) is 12.6. The zero-order valence-corrected chi connectivity index (χ0v) is 13.1. The van der Waals surface area contributed by atoms with E-state index in [1.54, 1.807) is 24.0 Å². The minimum absolute atomic E-state index is 0.736. The highest BCUT2D eigenvalue weighted by molar-refractivity contribution is 9.11. The monoisotopic (exact) mass is 348 g/mol. The molecule has 0 unspecified atom stereocenters. The van der Waals surface area contributed by atoms with Crippen LogP contribution in [0.4, 0.5) is 5.69 Å². The maximum atomic E-state index is 4.12. The van der Waals surface area contributed by atoms with E-state index in [4.69, 9.17) is 0 Å². The highest BCUT2D eigenvalue weighted by Gasteiger charge is 2.00. The van der Waals surface area contributed by atoms with Gasteiger partial charge in [0.05, 0.1) is 10.3 Å². The molecule has 0 bridgehead atoms. The van der Waals surface area contributed by atoms with E-state index in [0.717, 1.165) is 22.6 Å². The molecule has 0 aliphatic rings. The van der Waals surface area contributed by atoms with Crippen LogP contribution in [0.2, 0.25) is 0 Å². The number of aromatic nitrogens is 3. The van der Waals surface area contributed by atoms with E-state index in [1.165, 1.54) is 10.4 Å². The third-order valence-corrected chi connectivity index (χ3v) is 4.46. The smallest absolute Gasteiger partial charge is 0.137 e. The molecule has 0 aliphatic heterocycles. The van der Waals surface area contributed by atoms with Gasteiger partial charge in [-0.2, -0.15) is 5.10 Å². The van der Waals surface area contributed by atoms with Crippen molar-refractivity contribution < 1.29 is 0 Å². The molecule has 0 aliphatic carbocycles. The van der Waals surface area contributed by atoms with Gasteiger partial charge >= 0.3 is 0 Å². The maximum absolute atomic E-state index is 4.12. The van der Waals surface area contributed by atoms with Crippen LogP contribution in [0.15, 0.2) is 52.8 Å². The van der Waals surface area contributed by atoms with Crippen LogP contribution >= 0.6 is 27.3 Å². The lowest BCUT2D eigenvalue weighted by Crippen LogP contribution is -2.02. The minimum atomic E-state index is 0.736. The molecule has 0 atom stereocenters. The second-order valence-electron chi connectivity index (χ2n) is 4.35. The summed E-state index contributed by atoms with van der Waals surface area (Å²) in [5.41, 5.74) is 2.32. The van der Waals surface area contributed by atoms with Gasteiger partial charge in [0.1, 0.15) is 12.7 Å². The fraction of sp³-hybridized carbons (Fsp3) is 0.143. The molecule has 1 N–H and O–H groups in total. The molecule has 0 amide bonds. The normalized spacial score (nSPS) is 10.7. The summed E-state index contributed by atoms with van der Waals surface area (Å²) in [5, 5.41) is 7.56. The standard InChI is InChI=1S/C14H13BrN4S/c15-14-5-4-13(20-14)7-17-12-3-1-2-11(6-12)8-19-10-16-9-18-19/h1-6,9-10,17H,7-8H2. The van der Waals surface area contributed by atoms with Crippen LogP contribution in [-0.2, 0) is 13.1 Å². The van der Waals surface area contributed by atoms with Crippen molar-refractivity contribution in [2.24, 2.45) is 0 Å². The van der Waals surface area contributed by atoms with Crippen LogP contribution in [0.3, 0.4) is 0 Å². The van der Waals surface area contributed by atoms with Gasteiger partial charge in [0.2, 0.25) is 0 Å². The number of hydrogen-bond donors (Lipinski definition) is 1. The predicted octanol–water partition coefficient (Wildman–Crippen LogP) is 3.76. The first-order chi connectivity index (χ1) is 9.79. The van der Waals surface area contributed by atoms with E-state index < -0.39 is 0 Å². The van der Waals surface area contributed by atoms with Gasteiger partial charge in [-0.3, -0.25) is 0 Å². The molecule has 2 aromatic heterocycles. The summed E-state index contributed by atoms with van der Waals surface area (Å²) in [4.78, 5) is 5.26. The Balaban J connectivity index is 1.65. The SMILES string of the molecule is Brc1ccc(CNc2cccc(Cn3cncn3)c2)s1. The first-order valence-corrected chi connectivity index (χ1v) is 7.80. The van der Waals surface area contributed by atoms with E-state index in [2.05, 4.69) is 67.7 Å². The minimum Gasteiger partial charge on any atom is -0.380 e. The fourth-order valence-electron chi connectivity index (χ4n) is 1.92. The molecular formula is C14H13BrN4S. The van der Waals surface area contributed by atoms with Gasteiger partial charge in [-0.15, -0.1) is 11.3 Å². The Hall–Kier alpha value is -1.66. The number of benzene rings is 1. The molecule has 102 valence electrons. The molecule has 0 radical (unpaired) electrons. The van der Waals surface area contributed by atoms with Crippen LogP contribution < -0.4 is 5.32 Å². The third-order valence-electron chi connectivity index (χ3n) is 2.83. The number of halogens is 1. The summed E-state index contributed by atoms with van der Waals surface area (Å²) in [5.74, 6) is 0. The Morgan fingerprint density at radius 1 is 1.25 bits per heavy atom. The number of rotatable bonds is 5. The van der Waals surface area contributed by atoms with Crippen molar-refractivity contribution in [2.45, 2.75) is 13.1 Å². The molecule has 0 saturated heterocycles. The van der Waals surface area contributed by atoms with Crippen molar-refractivity contribution in [1.29, 1.82) is 0 Å². The van der Waals surface area contributed by atoms with E-state index in [0.29, 0.717) is 0 Å². The Bertz CT molecular complexity index is 678. The summed E-state index contributed by atoms with van der Waals surface area (Å²) in [6.45, 7) is 1.57. The van der Waals surface area contributed by atoms with Crippen molar-refractivity contribution in [1.82, 2.24) is 14.8 Å². The highest BCUT2D eigenvalue weighted by atomic mass is 79.9. The van der Waals surface area contributed by atoms with E-state index >= 15 is 0 Å². The number of thiophene rings is 1. The molecule has 0 fully saturated rings. The van der Waals surface area contributed by atoms with Crippen LogP contribution in [0.1, 0.15) is 10.4 Å². The van der Waals surface area contributed by atoms with Gasteiger partial charge in [-0.05, 0) is 45.8 Å². The van der Waals surface area contributed by atoms with Crippen molar-refractivity contribution in [3.63, 3.8) is 0 Å². The second-order valence-corrected chi connectivity index (χ2v) is 6.90. The van der Waals surface area contributed by atoms with Crippen molar-refractivity contribution in [2.75, 3.05) is 5.32 Å². The van der Waals surface area contributed by atoms with Crippen molar-refractivity contribution in [3.05, 3.63) is 63.3 Å². The van der Waals surface area contributed by atoms with Crippen molar-refractivity contribution >= 4 is 33.0 Å². The lowest BCUT2D eigenvalue weighted by molar-refractivity contribution is 0.685. The molecule has 4 nitrogen and oxygen atoms in total. The van der Waals surface area contributed by atoms with Gasteiger partial charge < -0.3 is 5.32 Å². The second kappa shape index (κ2) is 6.19. The van der Waals surface area contributed by atoms with Gasteiger partial charge in [0.25, 0.3) is 0 Å². The first kappa shape index (κ1) is 13.3. The molecule has 3 rings (SSSR count). The van der Waals surface area contributed by atoms with E-state index in [-0.39, 0.29) is 0 Å². The van der Waals surface area contributed by atoms with Gasteiger partial charge in [0.15, 0.2) is 0 Å². The Kier molecular flexibility index (Phi) is 4.13. The average molecular weight is 349 g/mol. The Morgan fingerprint density at radius 3 is 2.95 bits per heavy atom. The van der Waals surface area contributed by atoms with Gasteiger partial charge in [0, 0.05) is 17.1 Å². The number of anilines is 1. The molecule has 2 heterocycles. The largest absolute Gasteiger partial charge is 0.380 e. The number of nitrogens with zero attached hydrogens (tertiary/aromatic N) is 3. The van der Waals surface area contributed by atoms with E-state index in [1.807, 2.05) is 4.68 Å². The summed E-state index contributed by atoms with van der Waals surface area (Å²) >= 11 is 5.23. The van der Waals surface area contributed by atoms with Gasteiger partial charge in [-0.25, -0.2) is 9.67 Å². The van der Waals surface area contributed by atoms with E-state index in [9.17, 15) is 0 Å². The molecule has 20 heavy (non-hydrogen) atoms. The number of hydrogen-bond acceptors (Lipinski definition) is 4. The predicted molar refractivity (Wildman–Crippen MR) is 84.9 cm³/mol. The Labute approximate surface area is 129 Å². The zero-order chi connectivity index (χ0) is 13.8. The quantitative estimate of drug-likeness (QED) is 0.763. The molecule has 1 aromatic carbocycles. The lowest BCUT2D eigenvalue weighted by atomic mass is 10.2. The van der Waals surface area contributed by atoms with Crippen LogP contribution in [0.5, 0.6) is 0 Å². The van der Waals surface area contributed by atoms with Gasteiger partial charge in [-0.1, -0.05) is 12.1 Å². The molecule has 0 saturated carbocycles. The summed E-state index contributed by atoms with van der Waals surface area (Å²) in [7, 11) is 0. The fourth-order valence-corrected chi connectivity index (χ4v) is 3.34. The molecule has 3 aromatic rings. The lowest BCUT2D eigenvalue weighted by Gasteiger charge is -2.07.